The lowest BCUT2D eigenvalue weighted by atomic mass is 10.1. The van der Waals surface area contributed by atoms with Crippen molar-refractivity contribution in [2.24, 2.45) is 5.92 Å². The molecule has 8 heteroatoms. The molecule has 0 aliphatic carbocycles. The van der Waals surface area contributed by atoms with Crippen LogP contribution in [0.15, 0.2) is 35.2 Å². The summed E-state index contributed by atoms with van der Waals surface area (Å²) in [5.74, 6) is -0.429. The molecule has 0 fully saturated rings. The van der Waals surface area contributed by atoms with Crippen LogP contribution in [0.3, 0.4) is 0 Å². The maximum absolute atomic E-state index is 12.5. The van der Waals surface area contributed by atoms with Gasteiger partial charge in [0.2, 0.25) is 19.5 Å². The topological polar surface area (TPSA) is 63.2 Å². The van der Waals surface area contributed by atoms with Gasteiger partial charge in [-0.3, -0.25) is 4.79 Å². The van der Waals surface area contributed by atoms with Crippen LogP contribution >= 0.6 is 34.8 Å². The fourth-order valence-electron chi connectivity index (χ4n) is 1.66. The minimum Gasteiger partial charge on any atom is -0.336 e. The summed E-state index contributed by atoms with van der Waals surface area (Å²) in [6.07, 6.45) is 0.140. The van der Waals surface area contributed by atoms with Gasteiger partial charge >= 0.3 is 0 Å². The van der Waals surface area contributed by atoms with Gasteiger partial charge in [0.1, 0.15) is 0 Å². The number of halogens is 3. The van der Waals surface area contributed by atoms with Crippen LogP contribution in [0.2, 0.25) is 0 Å². The zero-order chi connectivity index (χ0) is 16.3. The van der Waals surface area contributed by atoms with Crippen molar-refractivity contribution in [2.75, 3.05) is 0 Å². The predicted molar refractivity (Wildman–Crippen MR) is 85.3 cm³/mol. The third-order valence-corrected chi connectivity index (χ3v) is 5.63. The highest BCUT2D eigenvalue weighted by Gasteiger charge is 2.44. The first-order chi connectivity index (χ1) is 9.55. The third-order valence-electron chi connectivity index (χ3n) is 2.57. The second-order valence-electron chi connectivity index (χ2n) is 4.95. The summed E-state index contributed by atoms with van der Waals surface area (Å²) in [6.45, 7) is 3.66. The Hall–Kier alpha value is -0.490. The molecule has 0 bridgehead atoms. The maximum atomic E-state index is 12.5. The molecule has 0 aromatic heterocycles. The van der Waals surface area contributed by atoms with Gasteiger partial charge in [-0.1, -0.05) is 66.8 Å². The molecule has 0 aliphatic rings. The number of hydrogen-bond acceptors (Lipinski definition) is 3. The van der Waals surface area contributed by atoms with Gasteiger partial charge in [-0.15, -0.1) is 0 Å². The van der Waals surface area contributed by atoms with E-state index in [-0.39, 0.29) is 17.2 Å². The molecule has 0 saturated heterocycles. The fourth-order valence-corrected chi connectivity index (χ4v) is 4.32. The molecule has 1 rings (SSSR count). The van der Waals surface area contributed by atoms with Gasteiger partial charge in [-0.05, 0) is 18.1 Å². The number of amides is 1. The summed E-state index contributed by atoms with van der Waals surface area (Å²) >= 11 is 17.3. The van der Waals surface area contributed by atoms with Crippen molar-refractivity contribution in [2.45, 2.75) is 34.3 Å². The smallest absolute Gasteiger partial charge is 0.225 e. The van der Waals surface area contributed by atoms with Gasteiger partial charge in [-0.25, -0.2) is 8.42 Å². The van der Waals surface area contributed by atoms with Crippen LogP contribution in [0.4, 0.5) is 0 Å². The van der Waals surface area contributed by atoms with Gasteiger partial charge in [0, 0.05) is 6.42 Å². The summed E-state index contributed by atoms with van der Waals surface area (Å²) in [7, 11) is -4.02. The van der Waals surface area contributed by atoms with Crippen LogP contribution in [0, 0.1) is 5.92 Å². The fraction of sp³-hybridized carbons (Fsp3) is 0.462. The number of rotatable bonds is 5. The van der Waals surface area contributed by atoms with E-state index < -0.39 is 24.9 Å². The molecule has 0 heterocycles. The lowest BCUT2D eigenvalue weighted by Crippen LogP contribution is -2.49. The molecule has 0 radical (unpaired) electrons. The molecule has 0 unspecified atom stereocenters. The molecule has 4 nitrogen and oxygen atoms in total. The van der Waals surface area contributed by atoms with E-state index in [1.54, 1.807) is 18.2 Å². The van der Waals surface area contributed by atoms with Crippen LogP contribution in [0.5, 0.6) is 0 Å². The molecule has 1 atom stereocenters. The number of alkyl halides is 3. The van der Waals surface area contributed by atoms with Crippen molar-refractivity contribution in [3.8, 4) is 0 Å². The average molecular weight is 373 g/mol. The summed E-state index contributed by atoms with van der Waals surface area (Å²) < 4.78 is 22.9. The van der Waals surface area contributed by atoms with E-state index in [2.05, 4.69) is 5.32 Å². The first-order valence-corrected chi connectivity index (χ1v) is 8.88. The average Bonchev–Trinajstić information content (AvgIpc) is 2.34. The van der Waals surface area contributed by atoms with E-state index in [0.29, 0.717) is 0 Å². The minimum absolute atomic E-state index is 0.0221. The van der Waals surface area contributed by atoms with E-state index >= 15 is 0 Å². The van der Waals surface area contributed by atoms with Crippen molar-refractivity contribution in [1.82, 2.24) is 5.32 Å². The van der Waals surface area contributed by atoms with Gasteiger partial charge in [0.15, 0.2) is 5.37 Å². The standard InChI is InChI=1S/C13H16Cl3NO3S/c1-9(2)8-11(18)17-12(13(14,15)16)21(19,20)10-6-4-3-5-7-10/h3-7,9,12H,8H2,1-2H3,(H,17,18)/t12-/m1/s1. The molecule has 1 aromatic rings. The minimum atomic E-state index is -4.02. The number of sulfone groups is 1. The first kappa shape index (κ1) is 18.6. The number of carbonyl (C=O) groups is 1. The molecular weight excluding hydrogens is 357 g/mol. The number of benzene rings is 1. The quantitative estimate of drug-likeness (QED) is 0.806. The number of nitrogens with one attached hydrogen (secondary N) is 1. The molecule has 0 aliphatic heterocycles. The van der Waals surface area contributed by atoms with Crippen LogP contribution in [-0.2, 0) is 14.6 Å². The Labute approximate surface area is 139 Å². The highest BCUT2D eigenvalue weighted by atomic mass is 35.6. The summed E-state index contributed by atoms with van der Waals surface area (Å²) in [5.41, 5.74) is 0. The van der Waals surface area contributed by atoms with E-state index in [4.69, 9.17) is 34.8 Å². The third kappa shape index (κ3) is 5.33. The lowest BCUT2D eigenvalue weighted by Gasteiger charge is -2.25. The second-order valence-corrected chi connectivity index (χ2v) is 9.35. The van der Waals surface area contributed by atoms with Crippen molar-refractivity contribution in [1.29, 1.82) is 0 Å². The molecule has 21 heavy (non-hydrogen) atoms. The molecule has 118 valence electrons. The van der Waals surface area contributed by atoms with Gasteiger partial charge in [0.25, 0.3) is 0 Å². The summed E-state index contributed by atoms with van der Waals surface area (Å²) in [6, 6.07) is 7.54. The molecule has 0 spiro atoms. The van der Waals surface area contributed by atoms with Gasteiger partial charge in [-0.2, -0.15) is 0 Å². The van der Waals surface area contributed by atoms with Crippen LogP contribution < -0.4 is 5.32 Å². The molecular formula is C13H16Cl3NO3S. The summed E-state index contributed by atoms with van der Waals surface area (Å²) in [5, 5.41) is 0.655. The maximum Gasteiger partial charge on any atom is 0.225 e. The van der Waals surface area contributed by atoms with E-state index in [1.807, 2.05) is 13.8 Å². The van der Waals surface area contributed by atoms with Crippen molar-refractivity contribution in [3.05, 3.63) is 30.3 Å². The Kier molecular flexibility index (Phi) is 6.35. The largest absolute Gasteiger partial charge is 0.336 e. The van der Waals surface area contributed by atoms with Crippen molar-refractivity contribution >= 4 is 50.5 Å². The Morgan fingerprint density at radius 3 is 2.14 bits per heavy atom. The van der Waals surface area contributed by atoms with Gasteiger partial charge in [0.05, 0.1) is 4.90 Å². The molecule has 0 saturated carbocycles. The number of hydrogen-bond donors (Lipinski definition) is 1. The lowest BCUT2D eigenvalue weighted by molar-refractivity contribution is -0.122. The van der Waals surface area contributed by atoms with E-state index in [0.717, 1.165) is 0 Å². The molecule has 1 amide bonds. The van der Waals surface area contributed by atoms with E-state index in [1.165, 1.54) is 12.1 Å². The zero-order valence-electron chi connectivity index (χ0n) is 11.5. The second kappa shape index (κ2) is 7.18. The monoisotopic (exact) mass is 371 g/mol. The predicted octanol–water partition coefficient (Wildman–Crippen LogP) is 3.32. The summed E-state index contributed by atoms with van der Waals surface area (Å²) in [4.78, 5) is 11.8. The Morgan fingerprint density at radius 1 is 1.19 bits per heavy atom. The Bertz CT molecular complexity index is 582. The molecule has 1 aromatic carbocycles. The Morgan fingerprint density at radius 2 is 1.71 bits per heavy atom. The highest BCUT2D eigenvalue weighted by Crippen LogP contribution is 2.35. The number of carbonyl (C=O) groups excluding carboxylic acids is 1. The van der Waals surface area contributed by atoms with E-state index in [9.17, 15) is 13.2 Å². The first-order valence-electron chi connectivity index (χ1n) is 6.20. The molecule has 1 N–H and O–H groups in total. The van der Waals surface area contributed by atoms with Crippen LogP contribution in [-0.4, -0.2) is 23.5 Å². The SMILES string of the molecule is CC(C)CC(=O)N[C@@H](C(Cl)(Cl)Cl)S(=O)(=O)c1ccccc1. The highest BCUT2D eigenvalue weighted by molar-refractivity contribution is 7.92. The van der Waals surface area contributed by atoms with Crippen LogP contribution in [0.1, 0.15) is 20.3 Å². The Balaban J connectivity index is 3.12. The van der Waals surface area contributed by atoms with Crippen LogP contribution in [0.25, 0.3) is 0 Å². The van der Waals surface area contributed by atoms with Crippen molar-refractivity contribution < 1.29 is 13.2 Å². The normalized spacial score (nSPS) is 14.0. The van der Waals surface area contributed by atoms with Gasteiger partial charge < -0.3 is 5.32 Å². The zero-order valence-corrected chi connectivity index (χ0v) is 14.6. The van der Waals surface area contributed by atoms with Crippen molar-refractivity contribution in [3.63, 3.8) is 0 Å².